The predicted octanol–water partition coefficient (Wildman–Crippen LogP) is 1.83. The number of fused-ring (bicyclic) bond motifs is 2. The summed E-state index contributed by atoms with van der Waals surface area (Å²) in [6, 6.07) is 1.64. The van der Waals surface area contributed by atoms with E-state index in [4.69, 9.17) is 17.3 Å². The Kier molecular flexibility index (Phi) is 4.36. The number of anilines is 3. The molecule has 1 fully saturated rings. The summed E-state index contributed by atoms with van der Waals surface area (Å²) >= 11 is 6.19. The van der Waals surface area contributed by atoms with E-state index in [1.54, 1.807) is 10.6 Å². The van der Waals surface area contributed by atoms with Gasteiger partial charge in [0.05, 0.1) is 5.54 Å². The predicted molar refractivity (Wildman–Crippen MR) is 112 cm³/mol. The topological polar surface area (TPSA) is 118 Å². The normalized spacial score (nSPS) is 23.1. The number of pyridine rings is 1. The van der Waals surface area contributed by atoms with E-state index in [-0.39, 0.29) is 33.8 Å². The van der Waals surface area contributed by atoms with E-state index in [1.807, 2.05) is 27.8 Å². The molecule has 0 aliphatic carbocycles. The number of carbonyl (C=O) groups is 1. The molecule has 9 nitrogen and oxygen atoms in total. The number of hydrogen-bond donors (Lipinski definition) is 3. The fourth-order valence-corrected chi connectivity index (χ4v) is 4.60. The van der Waals surface area contributed by atoms with Crippen LogP contribution in [0.2, 0.25) is 5.02 Å². The SMILES string of the molecule is Cc1cc(Nc2ncnc(N)c2Cl)c(=O)n2c1C(=O)NC21CCCN(C)C1(C)C. The van der Waals surface area contributed by atoms with Crippen molar-refractivity contribution in [3.05, 3.63) is 39.0 Å². The van der Waals surface area contributed by atoms with Gasteiger partial charge in [0.15, 0.2) is 5.82 Å². The Balaban J connectivity index is 1.92. The van der Waals surface area contributed by atoms with Crippen molar-refractivity contribution in [2.24, 2.45) is 0 Å². The van der Waals surface area contributed by atoms with Crippen LogP contribution >= 0.6 is 11.6 Å². The molecule has 1 saturated heterocycles. The third-order valence-corrected chi connectivity index (χ3v) is 6.75. The summed E-state index contributed by atoms with van der Waals surface area (Å²) < 4.78 is 1.61. The molecule has 2 aromatic heterocycles. The third kappa shape index (κ3) is 2.64. The molecule has 2 aliphatic rings. The number of halogens is 1. The van der Waals surface area contributed by atoms with Crippen molar-refractivity contribution in [2.75, 3.05) is 24.6 Å². The Labute approximate surface area is 173 Å². The van der Waals surface area contributed by atoms with Crippen molar-refractivity contribution >= 4 is 34.8 Å². The zero-order chi connectivity index (χ0) is 21.1. The van der Waals surface area contributed by atoms with Crippen LogP contribution in [0.4, 0.5) is 17.3 Å². The number of nitrogens with zero attached hydrogens (tertiary/aromatic N) is 4. The Hall–Kier alpha value is -2.65. The molecular formula is C19H24ClN7O2. The fourth-order valence-electron chi connectivity index (χ4n) is 4.45. The summed E-state index contributed by atoms with van der Waals surface area (Å²) in [6.07, 6.45) is 2.79. The molecule has 4 heterocycles. The zero-order valence-corrected chi connectivity index (χ0v) is 17.6. The molecule has 0 aromatic carbocycles. The Morgan fingerprint density at radius 2 is 2.03 bits per heavy atom. The quantitative estimate of drug-likeness (QED) is 0.682. The molecule has 4 rings (SSSR count). The molecule has 1 unspecified atom stereocenters. The molecule has 0 radical (unpaired) electrons. The highest BCUT2D eigenvalue weighted by Gasteiger charge is 2.57. The molecule has 29 heavy (non-hydrogen) atoms. The number of piperidine rings is 1. The standard InChI is InChI=1S/C19H24ClN7O2/c1-10-8-11(24-15-12(20)14(21)22-9-23-15)17(29)27-13(10)16(28)25-19(27)6-5-7-26(4)18(19,2)3/h8-9H,5-7H2,1-4H3,(H,25,28)(H3,21,22,23,24). The number of aryl methyl sites for hydroxylation is 1. The van der Waals surface area contributed by atoms with Crippen molar-refractivity contribution in [2.45, 2.75) is 44.8 Å². The van der Waals surface area contributed by atoms with Gasteiger partial charge in [-0.2, -0.15) is 0 Å². The summed E-state index contributed by atoms with van der Waals surface area (Å²) in [5, 5.41) is 6.25. The lowest BCUT2D eigenvalue weighted by Crippen LogP contribution is -2.69. The number of aromatic nitrogens is 3. The molecule has 1 atom stereocenters. The van der Waals surface area contributed by atoms with Crippen LogP contribution in [0.3, 0.4) is 0 Å². The molecule has 2 aliphatic heterocycles. The lowest BCUT2D eigenvalue weighted by molar-refractivity contribution is -0.0372. The van der Waals surface area contributed by atoms with Crippen molar-refractivity contribution in [3.8, 4) is 0 Å². The van der Waals surface area contributed by atoms with Gasteiger partial charge in [-0.05, 0) is 58.8 Å². The highest BCUT2D eigenvalue weighted by molar-refractivity contribution is 6.35. The van der Waals surface area contributed by atoms with Gasteiger partial charge in [0.25, 0.3) is 11.5 Å². The number of hydrogen-bond acceptors (Lipinski definition) is 7. The Bertz CT molecular complexity index is 1080. The largest absolute Gasteiger partial charge is 0.382 e. The van der Waals surface area contributed by atoms with Gasteiger partial charge in [-0.15, -0.1) is 0 Å². The summed E-state index contributed by atoms with van der Waals surface area (Å²) in [5.74, 6) is 0.118. The van der Waals surface area contributed by atoms with Crippen LogP contribution in [0.1, 0.15) is 42.7 Å². The van der Waals surface area contributed by atoms with Gasteiger partial charge in [-0.25, -0.2) is 9.97 Å². The van der Waals surface area contributed by atoms with E-state index in [0.717, 1.165) is 13.0 Å². The van der Waals surface area contributed by atoms with Gasteiger partial charge in [0, 0.05) is 0 Å². The summed E-state index contributed by atoms with van der Waals surface area (Å²) in [6.45, 7) is 6.79. The highest BCUT2D eigenvalue weighted by Crippen LogP contribution is 2.43. The number of carbonyl (C=O) groups excluding carboxylic acids is 1. The number of likely N-dealkylation sites (tertiary alicyclic amines) is 1. The average molecular weight is 418 g/mol. The van der Waals surface area contributed by atoms with Gasteiger partial charge in [-0.3, -0.25) is 19.1 Å². The molecule has 1 spiro atoms. The van der Waals surface area contributed by atoms with Gasteiger partial charge < -0.3 is 16.4 Å². The van der Waals surface area contributed by atoms with Gasteiger partial charge in [0.2, 0.25) is 0 Å². The third-order valence-electron chi connectivity index (χ3n) is 6.38. The maximum atomic E-state index is 13.6. The summed E-state index contributed by atoms with van der Waals surface area (Å²) in [5.41, 5.74) is 5.45. The van der Waals surface area contributed by atoms with Gasteiger partial charge in [-0.1, -0.05) is 11.6 Å². The van der Waals surface area contributed by atoms with Crippen molar-refractivity contribution in [1.82, 2.24) is 24.8 Å². The van der Waals surface area contributed by atoms with Crippen LogP contribution in [0.5, 0.6) is 0 Å². The first-order valence-corrected chi connectivity index (χ1v) is 9.82. The fraction of sp³-hybridized carbons (Fsp3) is 0.474. The van der Waals surface area contributed by atoms with E-state index in [2.05, 4.69) is 25.5 Å². The van der Waals surface area contributed by atoms with Crippen LogP contribution in [0, 0.1) is 6.92 Å². The van der Waals surface area contributed by atoms with E-state index < -0.39 is 11.2 Å². The highest BCUT2D eigenvalue weighted by atomic mass is 35.5. The second-order valence-electron chi connectivity index (χ2n) is 8.18. The van der Waals surface area contributed by atoms with Crippen molar-refractivity contribution < 1.29 is 4.79 Å². The lowest BCUT2D eigenvalue weighted by atomic mass is 9.79. The first-order chi connectivity index (χ1) is 13.6. The second kappa shape index (κ2) is 6.43. The van der Waals surface area contributed by atoms with Crippen LogP contribution < -0.4 is 21.9 Å². The van der Waals surface area contributed by atoms with Gasteiger partial charge >= 0.3 is 0 Å². The number of likely N-dealkylation sites (N-methyl/N-ethyl adjacent to an activating group) is 1. The zero-order valence-electron chi connectivity index (χ0n) is 16.8. The number of rotatable bonds is 2. The van der Waals surface area contributed by atoms with Gasteiger partial charge in [0.1, 0.15) is 34.2 Å². The molecular weight excluding hydrogens is 394 g/mol. The lowest BCUT2D eigenvalue weighted by Gasteiger charge is -2.53. The molecule has 1 amide bonds. The minimum absolute atomic E-state index is 0.116. The van der Waals surface area contributed by atoms with Crippen molar-refractivity contribution in [1.29, 1.82) is 0 Å². The minimum Gasteiger partial charge on any atom is -0.382 e. The summed E-state index contributed by atoms with van der Waals surface area (Å²) in [4.78, 5) is 36.6. The monoisotopic (exact) mass is 417 g/mol. The molecule has 10 heteroatoms. The van der Waals surface area contributed by atoms with E-state index >= 15 is 0 Å². The van der Waals surface area contributed by atoms with Crippen molar-refractivity contribution in [3.63, 3.8) is 0 Å². The first kappa shape index (κ1) is 19.7. The Morgan fingerprint density at radius 1 is 1.31 bits per heavy atom. The van der Waals surface area contributed by atoms with E-state index in [1.165, 1.54) is 6.33 Å². The van der Waals surface area contributed by atoms with E-state index in [0.29, 0.717) is 17.7 Å². The van der Waals surface area contributed by atoms with Crippen LogP contribution in [0.25, 0.3) is 0 Å². The average Bonchev–Trinajstić information content (AvgIpc) is 2.96. The van der Waals surface area contributed by atoms with Crippen LogP contribution in [-0.2, 0) is 5.66 Å². The molecule has 0 saturated carbocycles. The number of nitrogens with one attached hydrogen (secondary N) is 2. The molecule has 154 valence electrons. The smallest absolute Gasteiger partial charge is 0.276 e. The Morgan fingerprint density at radius 3 is 2.76 bits per heavy atom. The second-order valence-corrected chi connectivity index (χ2v) is 8.55. The van der Waals surface area contributed by atoms with Crippen LogP contribution in [0.15, 0.2) is 17.2 Å². The first-order valence-electron chi connectivity index (χ1n) is 9.44. The van der Waals surface area contributed by atoms with Crippen LogP contribution in [-0.4, -0.2) is 44.5 Å². The number of amides is 1. The maximum Gasteiger partial charge on any atom is 0.276 e. The molecule has 0 bridgehead atoms. The maximum absolute atomic E-state index is 13.6. The molecule has 2 aromatic rings. The summed E-state index contributed by atoms with van der Waals surface area (Å²) in [7, 11) is 2.01. The molecule has 4 N–H and O–H groups in total. The number of nitrogens with two attached hydrogens (primary N) is 1. The minimum atomic E-state index is -0.847. The van der Waals surface area contributed by atoms with E-state index in [9.17, 15) is 9.59 Å². The number of nitrogen functional groups attached to an aromatic ring is 1.